The van der Waals surface area contributed by atoms with Gasteiger partial charge in [0.2, 0.25) is 0 Å². The predicted molar refractivity (Wildman–Crippen MR) is 128 cm³/mol. The first-order valence-electron chi connectivity index (χ1n) is 10.7. The molecule has 9 heteroatoms. The summed E-state index contributed by atoms with van der Waals surface area (Å²) in [6.07, 6.45) is 0. The number of hydrogen-bond acceptors (Lipinski definition) is 5. The van der Waals surface area contributed by atoms with Crippen LogP contribution in [0, 0.1) is 5.92 Å². The highest BCUT2D eigenvalue weighted by Gasteiger charge is 2.47. The molecule has 4 rings (SSSR count). The van der Waals surface area contributed by atoms with Gasteiger partial charge >= 0.3 is 14.7 Å². The molecule has 0 bridgehead atoms. The number of hydrogen-bond donors (Lipinski definition) is 1. The number of benzene rings is 3. The summed E-state index contributed by atoms with van der Waals surface area (Å²) in [5.74, 6) is -1.11. The Kier molecular flexibility index (Phi) is 7.33. The largest absolute Gasteiger partial charge is 0.409 e. The Balaban J connectivity index is 1.36. The van der Waals surface area contributed by atoms with E-state index in [2.05, 4.69) is 29.2 Å². The maximum atomic E-state index is 14.8. The molecule has 0 spiro atoms. The van der Waals surface area contributed by atoms with E-state index in [9.17, 15) is 17.6 Å². The van der Waals surface area contributed by atoms with Crippen LogP contribution >= 0.6 is 11.6 Å². The van der Waals surface area contributed by atoms with E-state index < -0.39 is 20.6 Å². The molecular formula is C25H24ClFN2O4S. The van der Waals surface area contributed by atoms with Crippen LogP contribution in [0.3, 0.4) is 0 Å². The van der Waals surface area contributed by atoms with E-state index in [1.807, 2.05) is 36.4 Å². The first-order chi connectivity index (χ1) is 16.3. The lowest BCUT2D eigenvalue weighted by molar-refractivity contribution is -0.0664. The minimum Gasteiger partial charge on any atom is -0.320 e. The van der Waals surface area contributed by atoms with Crippen molar-refractivity contribution in [2.24, 2.45) is 5.92 Å². The molecule has 1 fully saturated rings. The molecule has 0 aromatic heterocycles. The Bertz CT molecular complexity index is 1170. The molecule has 1 aliphatic rings. The fraction of sp³-hybridized carbons (Fsp3) is 0.240. The van der Waals surface area contributed by atoms with Gasteiger partial charge in [-0.3, -0.25) is 9.69 Å². The fourth-order valence-corrected chi connectivity index (χ4v) is 4.82. The fourth-order valence-electron chi connectivity index (χ4n) is 3.93. The maximum absolute atomic E-state index is 14.8. The topological polar surface area (TPSA) is 75.7 Å². The molecular weight excluding hydrogens is 479 g/mol. The van der Waals surface area contributed by atoms with Gasteiger partial charge in [-0.1, -0.05) is 78.9 Å². The summed E-state index contributed by atoms with van der Waals surface area (Å²) < 4.78 is 42.4. The first-order valence-corrected chi connectivity index (χ1v) is 12.6. The smallest absolute Gasteiger partial charge is 0.320 e. The zero-order chi connectivity index (χ0) is 24.2. The SMILES string of the molecule is O=C(NS(=O)(=O)C(F)(Cl)OCC1CN(C(c2ccccc2)c2ccccc2)C1)c1ccccc1. The van der Waals surface area contributed by atoms with Crippen LogP contribution < -0.4 is 4.72 Å². The molecule has 34 heavy (non-hydrogen) atoms. The number of carbonyl (C=O) groups excluding carboxylic acids is 1. The van der Waals surface area contributed by atoms with Crippen molar-refractivity contribution in [1.82, 2.24) is 9.62 Å². The molecule has 0 aliphatic carbocycles. The number of likely N-dealkylation sites (tertiary alicyclic amines) is 1. The predicted octanol–water partition coefficient (Wildman–Crippen LogP) is 4.30. The van der Waals surface area contributed by atoms with Gasteiger partial charge in [0, 0.05) is 24.6 Å². The van der Waals surface area contributed by atoms with E-state index in [0.717, 1.165) is 11.1 Å². The second kappa shape index (κ2) is 10.2. The lowest BCUT2D eigenvalue weighted by atomic mass is 9.90. The third-order valence-corrected chi connectivity index (χ3v) is 7.56. The number of alkyl halides is 2. The average molecular weight is 503 g/mol. The zero-order valence-electron chi connectivity index (χ0n) is 18.2. The summed E-state index contributed by atoms with van der Waals surface area (Å²) in [4.78, 5) is 14.3. The minimum absolute atomic E-state index is 0.0127. The van der Waals surface area contributed by atoms with Gasteiger partial charge < -0.3 is 4.74 Å². The molecule has 3 aromatic carbocycles. The van der Waals surface area contributed by atoms with Crippen molar-refractivity contribution in [2.75, 3.05) is 19.7 Å². The summed E-state index contributed by atoms with van der Waals surface area (Å²) in [6, 6.07) is 27.6. The van der Waals surface area contributed by atoms with E-state index in [-0.39, 0.29) is 24.1 Å². The average Bonchev–Trinajstić information content (AvgIpc) is 2.81. The van der Waals surface area contributed by atoms with Crippen LogP contribution in [0.5, 0.6) is 0 Å². The first kappa shape index (κ1) is 24.3. The van der Waals surface area contributed by atoms with Crippen LogP contribution in [0.4, 0.5) is 4.39 Å². The standard InChI is InChI=1S/C25H24ClFN2O4S/c26-25(27,34(31,32)28-24(30)22-14-8-3-9-15-22)33-18-19-16-29(17-19)23(20-10-4-1-5-11-20)21-12-6-2-7-13-21/h1-15,19,23H,16-18H2,(H,28,30). The zero-order valence-corrected chi connectivity index (χ0v) is 19.8. The number of nitrogens with zero attached hydrogens (tertiary/aromatic N) is 1. The molecule has 1 amide bonds. The second-order valence-electron chi connectivity index (χ2n) is 8.12. The molecule has 1 saturated heterocycles. The molecule has 1 aliphatic heterocycles. The summed E-state index contributed by atoms with van der Waals surface area (Å²) in [5.41, 5.74) is 2.30. The Morgan fingerprint density at radius 3 is 1.94 bits per heavy atom. The van der Waals surface area contributed by atoms with E-state index in [1.165, 1.54) is 12.1 Å². The summed E-state index contributed by atoms with van der Waals surface area (Å²) in [5, 5.41) is 0. The number of amides is 1. The lowest BCUT2D eigenvalue weighted by Crippen LogP contribution is -2.52. The molecule has 0 radical (unpaired) electrons. The van der Waals surface area contributed by atoms with Gasteiger partial charge in [-0.2, -0.15) is 12.8 Å². The van der Waals surface area contributed by atoms with Gasteiger partial charge in [0.25, 0.3) is 5.91 Å². The molecule has 1 N–H and O–H groups in total. The number of nitrogens with one attached hydrogen (secondary N) is 1. The molecule has 1 atom stereocenters. The number of carbonyl (C=O) groups is 1. The van der Waals surface area contributed by atoms with Crippen LogP contribution in [0.15, 0.2) is 91.0 Å². The third-order valence-electron chi connectivity index (χ3n) is 5.64. The second-order valence-corrected chi connectivity index (χ2v) is 10.6. The van der Waals surface area contributed by atoms with Gasteiger partial charge in [0.05, 0.1) is 12.6 Å². The minimum atomic E-state index is -4.94. The normalized spacial score (nSPS) is 16.6. The molecule has 1 heterocycles. The highest BCUT2D eigenvalue weighted by molar-refractivity contribution is 7.92. The van der Waals surface area contributed by atoms with E-state index in [4.69, 9.17) is 16.3 Å². The van der Waals surface area contributed by atoms with Crippen LogP contribution in [-0.2, 0) is 14.8 Å². The van der Waals surface area contributed by atoms with Crippen molar-refractivity contribution < 1.29 is 22.3 Å². The van der Waals surface area contributed by atoms with Crippen molar-refractivity contribution in [3.63, 3.8) is 0 Å². The van der Waals surface area contributed by atoms with Crippen LogP contribution in [0.1, 0.15) is 27.5 Å². The quantitative estimate of drug-likeness (QED) is 0.441. The maximum Gasteiger partial charge on any atom is 0.409 e. The van der Waals surface area contributed by atoms with Gasteiger partial charge in [-0.25, -0.2) is 4.72 Å². The Morgan fingerprint density at radius 1 is 0.971 bits per heavy atom. The number of sulfonamides is 1. The highest BCUT2D eigenvalue weighted by Crippen LogP contribution is 2.35. The number of halogens is 2. The van der Waals surface area contributed by atoms with Gasteiger partial charge in [0.15, 0.2) is 0 Å². The highest BCUT2D eigenvalue weighted by atomic mass is 35.5. The number of ether oxygens (including phenoxy) is 1. The Labute approximate surface area is 203 Å². The third kappa shape index (κ3) is 5.47. The Morgan fingerprint density at radius 2 is 1.44 bits per heavy atom. The van der Waals surface area contributed by atoms with Crippen molar-refractivity contribution in [1.29, 1.82) is 0 Å². The molecule has 1 unspecified atom stereocenters. The molecule has 0 saturated carbocycles. The van der Waals surface area contributed by atoms with Crippen molar-refractivity contribution in [3.8, 4) is 0 Å². The number of rotatable bonds is 9. The van der Waals surface area contributed by atoms with Crippen molar-refractivity contribution in [3.05, 3.63) is 108 Å². The van der Waals surface area contributed by atoms with Gasteiger partial charge in [-0.05, 0) is 34.9 Å². The Hall–Kier alpha value is -2.78. The summed E-state index contributed by atoms with van der Waals surface area (Å²) in [6.45, 7) is 0.920. The van der Waals surface area contributed by atoms with Crippen molar-refractivity contribution >= 4 is 27.5 Å². The summed E-state index contributed by atoms with van der Waals surface area (Å²) in [7, 11) is -4.94. The molecule has 3 aromatic rings. The van der Waals surface area contributed by atoms with Crippen LogP contribution in [0.25, 0.3) is 0 Å². The van der Waals surface area contributed by atoms with Gasteiger partial charge in [0.1, 0.15) is 0 Å². The van der Waals surface area contributed by atoms with E-state index in [1.54, 1.807) is 22.9 Å². The molecule has 178 valence electrons. The monoisotopic (exact) mass is 502 g/mol. The summed E-state index contributed by atoms with van der Waals surface area (Å²) >= 11 is 5.57. The van der Waals surface area contributed by atoms with Crippen molar-refractivity contribution in [2.45, 2.75) is 10.7 Å². The van der Waals surface area contributed by atoms with Crippen LogP contribution in [-0.4, -0.2) is 43.6 Å². The molecule has 6 nitrogen and oxygen atoms in total. The van der Waals surface area contributed by atoms with E-state index in [0.29, 0.717) is 13.1 Å². The van der Waals surface area contributed by atoms with Gasteiger partial charge in [-0.15, -0.1) is 0 Å². The van der Waals surface area contributed by atoms with Crippen LogP contribution in [0.2, 0.25) is 0 Å². The lowest BCUT2D eigenvalue weighted by Gasteiger charge is -2.45. The van der Waals surface area contributed by atoms with E-state index >= 15 is 0 Å².